The smallest absolute Gasteiger partial charge is 0.194 e. The number of rotatable bonds is 2. The van der Waals surface area contributed by atoms with Gasteiger partial charge in [-0.25, -0.2) is 4.39 Å². The van der Waals surface area contributed by atoms with Crippen molar-refractivity contribution in [2.75, 3.05) is 13.7 Å². The highest BCUT2D eigenvalue weighted by Crippen LogP contribution is 2.38. The first-order chi connectivity index (χ1) is 8.15. The van der Waals surface area contributed by atoms with Gasteiger partial charge in [0.2, 0.25) is 0 Å². The number of hydrogen-bond acceptors (Lipinski definition) is 3. The van der Waals surface area contributed by atoms with Crippen LogP contribution in [0.2, 0.25) is 0 Å². The number of halogens is 1. The van der Waals surface area contributed by atoms with Gasteiger partial charge in [-0.3, -0.25) is 0 Å². The summed E-state index contributed by atoms with van der Waals surface area (Å²) in [4.78, 5) is 0. The van der Waals surface area contributed by atoms with E-state index in [-0.39, 0.29) is 17.5 Å². The molecule has 1 fully saturated rings. The Morgan fingerprint density at radius 1 is 1.47 bits per heavy atom. The van der Waals surface area contributed by atoms with Crippen molar-refractivity contribution < 1.29 is 14.2 Å². The molecule has 1 heterocycles. The molecule has 1 saturated heterocycles. The third kappa shape index (κ3) is 2.22. The quantitative estimate of drug-likeness (QED) is 0.833. The van der Waals surface area contributed by atoms with Crippen molar-refractivity contribution in [3.8, 4) is 11.5 Å². The number of aromatic hydroxyl groups is 1. The van der Waals surface area contributed by atoms with Crippen molar-refractivity contribution in [2.45, 2.75) is 32.2 Å². The molecule has 4 heteroatoms. The standard InChI is InChI=1S/C13H18FNO2/c1-8-7-9(10-5-3-4-6-15-10)11(14)12(16)13(8)17-2/h7,10,15-16H,3-6H2,1-2H3. The second kappa shape index (κ2) is 4.92. The zero-order valence-electron chi connectivity index (χ0n) is 10.2. The van der Waals surface area contributed by atoms with E-state index in [0.29, 0.717) is 5.56 Å². The molecule has 1 aromatic carbocycles. The molecule has 0 spiro atoms. The lowest BCUT2D eigenvalue weighted by molar-refractivity contribution is 0.344. The molecule has 1 aromatic rings. The second-order valence-electron chi connectivity index (χ2n) is 4.48. The van der Waals surface area contributed by atoms with Gasteiger partial charge in [-0.15, -0.1) is 0 Å². The summed E-state index contributed by atoms with van der Waals surface area (Å²) in [5, 5.41) is 13.0. The molecule has 1 aliphatic heterocycles. The summed E-state index contributed by atoms with van der Waals surface area (Å²) in [5.74, 6) is -0.719. The van der Waals surface area contributed by atoms with E-state index < -0.39 is 5.82 Å². The molecule has 0 radical (unpaired) electrons. The molecule has 1 unspecified atom stereocenters. The van der Waals surface area contributed by atoms with Gasteiger partial charge < -0.3 is 15.2 Å². The summed E-state index contributed by atoms with van der Waals surface area (Å²) >= 11 is 0. The highest BCUT2D eigenvalue weighted by molar-refractivity contribution is 5.50. The maximum Gasteiger partial charge on any atom is 0.194 e. The van der Waals surface area contributed by atoms with Gasteiger partial charge in [0.05, 0.1) is 7.11 Å². The Bertz CT molecular complexity index is 414. The molecule has 0 bridgehead atoms. The molecule has 0 aliphatic carbocycles. The lowest BCUT2D eigenvalue weighted by atomic mass is 9.95. The van der Waals surface area contributed by atoms with Crippen LogP contribution in [0.4, 0.5) is 4.39 Å². The number of methoxy groups -OCH3 is 1. The van der Waals surface area contributed by atoms with E-state index in [1.54, 1.807) is 6.07 Å². The molecule has 2 rings (SSSR count). The van der Waals surface area contributed by atoms with Crippen LogP contribution in [0.25, 0.3) is 0 Å². The van der Waals surface area contributed by atoms with Crippen LogP contribution in [0.1, 0.15) is 36.4 Å². The van der Waals surface area contributed by atoms with Crippen LogP contribution in [0.15, 0.2) is 6.07 Å². The second-order valence-corrected chi connectivity index (χ2v) is 4.48. The van der Waals surface area contributed by atoms with Crippen LogP contribution in [0.3, 0.4) is 0 Å². The average Bonchev–Trinajstić information content (AvgIpc) is 2.35. The van der Waals surface area contributed by atoms with Crippen LogP contribution in [0, 0.1) is 12.7 Å². The average molecular weight is 239 g/mol. The minimum atomic E-state index is -0.563. The van der Waals surface area contributed by atoms with E-state index in [9.17, 15) is 9.50 Å². The number of aryl methyl sites for hydroxylation is 1. The minimum Gasteiger partial charge on any atom is -0.502 e. The van der Waals surface area contributed by atoms with E-state index in [0.717, 1.165) is 31.4 Å². The van der Waals surface area contributed by atoms with Crippen LogP contribution in [-0.2, 0) is 0 Å². The van der Waals surface area contributed by atoms with E-state index in [1.807, 2.05) is 6.92 Å². The molecule has 1 aliphatic rings. The van der Waals surface area contributed by atoms with Gasteiger partial charge in [-0.1, -0.05) is 6.42 Å². The summed E-state index contributed by atoms with van der Waals surface area (Å²) in [6, 6.07) is 1.76. The number of phenols is 1. The van der Waals surface area contributed by atoms with Crippen molar-refractivity contribution in [1.82, 2.24) is 5.32 Å². The van der Waals surface area contributed by atoms with Crippen molar-refractivity contribution in [2.24, 2.45) is 0 Å². The molecule has 3 nitrogen and oxygen atoms in total. The van der Waals surface area contributed by atoms with Crippen LogP contribution < -0.4 is 10.1 Å². The topological polar surface area (TPSA) is 41.5 Å². The normalized spacial score (nSPS) is 20.3. The van der Waals surface area contributed by atoms with Crippen LogP contribution in [0.5, 0.6) is 11.5 Å². The Kier molecular flexibility index (Phi) is 3.52. The number of hydrogen-bond donors (Lipinski definition) is 2. The minimum absolute atomic E-state index is 0.000689. The number of phenolic OH excluding ortho intramolecular Hbond substituents is 1. The fourth-order valence-corrected chi connectivity index (χ4v) is 2.41. The van der Waals surface area contributed by atoms with Crippen molar-refractivity contribution in [1.29, 1.82) is 0 Å². The van der Waals surface area contributed by atoms with Gasteiger partial charge >= 0.3 is 0 Å². The predicted molar refractivity (Wildman–Crippen MR) is 63.9 cm³/mol. The van der Waals surface area contributed by atoms with Gasteiger partial charge in [0.15, 0.2) is 17.3 Å². The molecule has 0 aromatic heterocycles. The molecule has 94 valence electrons. The van der Waals surface area contributed by atoms with Gasteiger partial charge in [0.1, 0.15) is 0 Å². The maximum absolute atomic E-state index is 14.0. The van der Waals surface area contributed by atoms with E-state index in [2.05, 4.69) is 5.32 Å². The Labute approximate surface area is 101 Å². The largest absolute Gasteiger partial charge is 0.502 e. The molecule has 0 amide bonds. The van der Waals surface area contributed by atoms with Crippen molar-refractivity contribution in [3.63, 3.8) is 0 Å². The Morgan fingerprint density at radius 3 is 2.82 bits per heavy atom. The highest BCUT2D eigenvalue weighted by atomic mass is 19.1. The first kappa shape index (κ1) is 12.2. The zero-order valence-corrected chi connectivity index (χ0v) is 10.2. The van der Waals surface area contributed by atoms with Crippen LogP contribution in [-0.4, -0.2) is 18.8 Å². The third-order valence-electron chi connectivity index (χ3n) is 3.30. The van der Waals surface area contributed by atoms with Gasteiger partial charge in [0.25, 0.3) is 0 Å². The predicted octanol–water partition coefficient (Wildman–Crippen LogP) is 2.66. The van der Waals surface area contributed by atoms with Crippen LogP contribution >= 0.6 is 0 Å². The van der Waals surface area contributed by atoms with Crippen molar-refractivity contribution in [3.05, 3.63) is 23.0 Å². The summed E-state index contributed by atoms with van der Waals surface area (Å²) < 4.78 is 19.0. The molecule has 0 saturated carbocycles. The number of nitrogens with one attached hydrogen (secondary N) is 1. The molecule has 1 atom stereocenters. The van der Waals surface area contributed by atoms with E-state index >= 15 is 0 Å². The summed E-state index contributed by atoms with van der Waals surface area (Å²) in [7, 11) is 1.43. The SMILES string of the molecule is COc1c(C)cc(C2CCCCN2)c(F)c1O. The number of ether oxygens (including phenoxy) is 1. The van der Waals surface area contributed by atoms with Gasteiger partial charge in [0, 0.05) is 11.6 Å². The fraction of sp³-hybridized carbons (Fsp3) is 0.538. The molecule has 2 N–H and O–H groups in total. The fourth-order valence-electron chi connectivity index (χ4n) is 2.41. The van der Waals surface area contributed by atoms with Gasteiger partial charge in [-0.2, -0.15) is 0 Å². The number of benzene rings is 1. The molecule has 17 heavy (non-hydrogen) atoms. The summed E-state index contributed by atoms with van der Waals surface area (Å²) in [6.07, 6.45) is 3.12. The summed E-state index contributed by atoms with van der Waals surface area (Å²) in [5.41, 5.74) is 1.30. The monoisotopic (exact) mass is 239 g/mol. The first-order valence-corrected chi connectivity index (χ1v) is 5.94. The Morgan fingerprint density at radius 2 is 2.24 bits per heavy atom. The Balaban J connectivity index is 2.40. The van der Waals surface area contributed by atoms with Gasteiger partial charge in [-0.05, 0) is 37.9 Å². The van der Waals surface area contributed by atoms with Crippen molar-refractivity contribution >= 4 is 0 Å². The Hall–Kier alpha value is -1.29. The van der Waals surface area contributed by atoms with E-state index in [4.69, 9.17) is 4.74 Å². The summed E-state index contributed by atoms with van der Waals surface area (Å²) in [6.45, 7) is 2.71. The van der Waals surface area contributed by atoms with E-state index in [1.165, 1.54) is 7.11 Å². The maximum atomic E-state index is 14.0. The number of piperidine rings is 1. The first-order valence-electron chi connectivity index (χ1n) is 5.94. The lowest BCUT2D eigenvalue weighted by Crippen LogP contribution is -2.27. The lowest BCUT2D eigenvalue weighted by Gasteiger charge is -2.25. The highest BCUT2D eigenvalue weighted by Gasteiger charge is 2.23. The molecular formula is C13H18FNO2. The molecular weight excluding hydrogens is 221 g/mol. The third-order valence-corrected chi connectivity index (χ3v) is 3.30. The zero-order chi connectivity index (χ0) is 12.4.